The SMILES string of the molecule is C=CC(=O)Nc1ncnc(NC(=O)C=C)c1NC(=O)C=C.C=CC(=O)Nc1ncnc(NC(=O)C=C)c1NC(=O)C=C.C=CC(=O)Nc1ncnc(NC(=O)C=C)c1NC(=O)C=C.C=CC(=O)Nc1ncnc(NC(=O)C=C)c1NC(=O)C=C.O=S(=O)(O)O.O=S(=O)(O)O.O=S(=O)(O)O.O=S(=O)(O)O.O=S(=O)(O)O. The van der Waals surface area contributed by atoms with Gasteiger partial charge in [0.2, 0.25) is 70.9 Å². The number of aromatic nitrogens is 8. The molecule has 0 bridgehead atoms. The second-order valence-electron chi connectivity index (χ2n) is 16.3. The third-order valence-electron chi connectivity index (χ3n) is 8.54. The van der Waals surface area contributed by atoms with Crippen molar-refractivity contribution < 1.29 is 145 Å². The molecule has 0 radical (unpaired) electrons. The van der Waals surface area contributed by atoms with Crippen LogP contribution in [0.25, 0.3) is 0 Å². The van der Waals surface area contributed by atoms with Crippen molar-refractivity contribution in [3.8, 4) is 0 Å². The van der Waals surface area contributed by atoms with Crippen molar-refractivity contribution in [3.05, 3.63) is 177 Å². The number of carbonyl (C=O) groups excluding carboxylic acids is 12. The van der Waals surface area contributed by atoms with E-state index in [1.165, 1.54) is 0 Å². The minimum absolute atomic E-state index is 0.00413. The first-order valence-corrected chi connectivity index (χ1v) is 33.1. The van der Waals surface area contributed by atoms with Gasteiger partial charge in [0, 0.05) is 0 Å². The zero-order valence-corrected chi connectivity index (χ0v) is 58.9. The maximum atomic E-state index is 11.4. The quantitative estimate of drug-likeness (QED) is 0.0328. The molecule has 12 amide bonds. The van der Waals surface area contributed by atoms with E-state index in [9.17, 15) is 57.5 Å². The Kier molecular flexibility index (Phi) is 50.5. The fraction of sp³-hybridized carbons (Fsp3) is 0. The molecule has 0 fully saturated rings. The van der Waals surface area contributed by atoms with Gasteiger partial charge in [0.15, 0.2) is 46.5 Å². The largest absolute Gasteiger partial charge is 0.394 e. The van der Waals surface area contributed by atoms with Crippen LogP contribution in [0.1, 0.15) is 0 Å². The third-order valence-corrected chi connectivity index (χ3v) is 8.54. The highest BCUT2D eigenvalue weighted by Crippen LogP contribution is 2.30. The lowest BCUT2D eigenvalue weighted by Crippen LogP contribution is -2.18. The van der Waals surface area contributed by atoms with Crippen molar-refractivity contribution in [3.63, 3.8) is 0 Å². The molecule has 0 saturated heterocycles. The van der Waals surface area contributed by atoms with E-state index in [-0.39, 0.29) is 69.3 Å². The number of nitrogens with zero attached hydrogens (tertiary/aromatic N) is 8. The molecule has 4 heterocycles. The van der Waals surface area contributed by atoms with Gasteiger partial charge in [0.1, 0.15) is 48.1 Å². The molecule has 109 heavy (non-hydrogen) atoms. The molecule has 57 heteroatoms. The number of amides is 12. The van der Waals surface area contributed by atoms with Crippen molar-refractivity contribution in [1.82, 2.24) is 39.9 Å². The van der Waals surface area contributed by atoms with E-state index in [1.54, 1.807) is 0 Å². The maximum absolute atomic E-state index is 11.4. The van der Waals surface area contributed by atoms with E-state index in [4.69, 9.17) is 87.6 Å². The van der Waals surface area contributed by atoms with Gasteiger partial charge in [-0.2, -0.15) is 42.1 Å². The van der Waals surface area contributed by atoms with Crippen LogP contribution in [0.2, 0.25) is 0 Å². The summed E-state index contributed by atoms with van der Waals surface area (Å²) in [4.78, 5) is 167. The zero-order chi connectivity index (χ0) is 85.8. The van der Waals surface area contributed by atoms with Crippen molar-refractivity contribution in [2.75, 3.05) is 63.8 Å². The number of nitrogens with one attached hydrogen (secondary N) is 12. The lowest BCUT2D eigenvalue weighted by atomic mass is 10.3. The first kappa shape index (κ1) is 104. The fourth-order valence-electron chi connectivity index (χ4n) is 4.81. The molecule has 4 aromatic heterocycles. The van der Waals surface area contributed by atoms with Crippen LogP contribution < -0.4 is 63.8 Å². The molecule has 0 aliphatic rings. The van der Waals surface area contributed by atoms with E-state index in [1.807, 2.05) is 0 Å². The molecule has 22 N–H and O–H groups in total. The standard InChI is InChI=1S/4C13H13N5O3.5H2O4S/c4*1-4-8(19)16-11-12(17-9(20)5-2)14-7-15-13(11)18-10(21)6-3;5*1-5(2,3)4/h4*4-7H,1-3H2,(H,16,19)(H2,14,15,17,18,20,21);5*(H2,1,2,3,4). The summed E-state index contributed by atoms with van der Waals surface area (Å²) >= 11 is 0. The van der Waals surface area contributed by atoms with Crippen molar-refractivity contribution in [2.24, 2.45) is 0 Å². The summed E-state index contributed by atoms with van der Waals surface area (Å²) in [6, 6.07) is 0. The molecule has 4 rings (SSSR count). The summed E-state index contributed by atoms with van der Waals surface area (Å²) < 4.78 is 158. The van der Waals surface area contributed by atoms with Crippen molar-refractivity contribution in [1.29, 1.82) is 0 Å². The van der Waals surface area contributed by atoms with Crippen LogP contribution >= 0.6 is 0 Å². The predicted octanol–water partition coefficient (Wildman–Crippen LogP) is 0.136. The van der Waals surface area contributed by atoms with Crippen LogP contribution in [-0.4, -0.2) is 198 Å². The molecule has 0 saturated carbocycles. The number of hydrogen-bond donors (Lipinski definition) is 22. The lowest BCUT2D eigenvalue weighted by molar-refractivity contribution is -0.113. The highest BCUT2D eigenvalue weighted by molar-refractivity contribution is 7.80. The van der Waals surface area contributed by atoms with Gasteiger partial charge < -0.3 is 63.8 Å². The summed E-state index contributed by atoms with van der Waals surface area (Å²) in [5.74, 6) is -6.52. The monoisotopic (exact) mass is 1640 g/mol. The molecule has 0 unspecified atom stereocenters. The van der Waals surface area contributed by atoms with Crippen LogP contribution in [0.15, 0.2) is 177 Å². The Morgan fingerprint density at radius 3 is 0.349 bits per heavy atom. The molecule has 0 aliphatic heterocycles. The number of rotatable bonds is 24. The average molecular weight is 1640 g/mol. The van der Waals surface area contributed by atoms with Gasteiger partial charge in [0.25, 0.3) is 0 Å². The Morgan fingerprint density at radius 1 is 0.202 bits per heavy atom. The molecule has 4 aromatic rings. The summed E-state index contributed by atoms with van der Waals surface area (Å²) in [6.07, 6.45) is 16.8. The number of anilines is 12. The lowest BCUT2D eigenvalue weighted by Gasteiger charge is -2.13. The van der Waals surface area contributed by atoms with Crippen LogP contribution in [0.5, 0.6) is 0 Å². The minimum Gasteiger partial charge on any atom is -0.316 e. The van der Waals surface area contributed by atoms with Crippen molar-refractivity contribution >= 4 is 192 Å². The van der Waals surface area contributed by atoms with E-state index < -0.39 is 123 Å². The van der Waals surface area contributed by atoms with E-state index in [2.05, 4.69) is 183 Å². The Hall–Kier alpha value is -13.8. The van der Waals surface area contributed by atoms with Gasteiger partial charge in [-0.25, -0.2) is 39.9 Å². The highest BCUT2D eigenvalue weighted by Gasteiger charge is 2.20. The fourth-order valence-corrected chi connectivity index (χ4v) is 4.81. The molecular formula is C52H62N20O32S5. The van der Waals surface area contributed by atoms with Crippen LogP contribution in [0.4, 0.5) is 69.3 Å². The highest BCUT2D eigenvalue weighted by atomic mass is 32.3. The summed E-state index contributed by atoms with van der Waals surface area (Å²) in [7, 11) is -23.3. The van der Waals surface area contributed by atoms with Gasteiger partial charge in [0.05, 0.1) is 0 Å². The number of carbonyl (C=O) groups is 12. The summed E-state index contributed by atoms with van der Waals surface area (Å²) in [6.45, 7) is 39.7. The molecule has 0 aromatic carbocycles. The van der Waals surface area contributed by atoms with Crippen LogP contribution in [0, 0.1) is 0 Å². The van der Waals surface area contributed by atoms with Gasteiger partial charge in [-0.15, -0.1) is 0 Å². The third kappa shape index (κ3) is 61.4. The van der Waals surface area contributed by atoms with Gasteiger partial charge in [-0.05, 0) is 72.9 Å². The average Bonchev–Trinajstić information content (AvgIpc) is 0.855. The Labute approximate surface area is 615 Å². The predicted molar refractivity (Wildman–Crippen MR) is 385 cm³/mol. The van der Waals surface area contributed by atoms with E-state index in [0.717, 1.165) is 98.2 Å². The Morgan fingerprint density at radius 2 is 0.275 bits per heavy atom. The number of hydrogen-bond acceptors (Lipinski definition) is 30. The molecular weight excluding hydrogens is 1580 g/mol. The maximum Gasteiger partial charge on any atom is 0.394 e. The summed E-state index contributed by atoms with van der Waals surface area (Å²) in [5, 5.41) is 28.7. The first-order chi connectivity index (χ1) is 50.0. The molecule has 0 aliphatic carbocycles. The Bertz CT molecular complexity index is 3920. The zero-order valence-electron chi connectivity index (χ0n) is 54.8. The second-order valence-corrected chi connectivity index (χ2v) is 20.8. The van der Waals surface area contributed by atoms with Crippen LogP contribution in [-0.2, 0) is 110 Å². The first-order valence-electron chi connectivity index (χ1n) is 26.2. The topological polar surface area (TPSA) is 825 Å². The minimum atomic E-state index is -4.67. The van der Waals surface area contributed by atoms with Gasteiger partial charge in [-0.3, -0.25) is 103 Å². The Balaban J connectivity index is -0.000000398. The van der Waals surface area contributed by atoms with E-state index in [0.29, 0.717) is 0 Å². The van der Waals surface area contributed by atoms with Crippen LogP contribution in [0.3, 0.4) is 0 Å². The van der Waals surface area contributed by atoms with Gasteiger partial charge >= 0.3 is 52.0 Å². The van der Waals surface area contributed by atoms with Crippen molar-refractivity contribution in [2.45, 2.75) is 0 Å². The molecule has 0 atom stereocenters. The summed E-state index contributed by atoms with van der Waals surface area (Å²) in [5.41, 5.74) is 0.0844. The normalized spacial score (nSPS) is 9.71. The van der Waals surface area contributed by atoms with E-state index >= 15 is 0 Å². The molecule has 592 valence electrons. The molecule has 52 nitrogen and oxygen atoms in total. The second kappa shape index (κ2) is 53.0. The molecule has 0 spiro atoms. The van der Waals surface area contributed by atoms with Gasteiger partial charge in [-0.1, -0.05) is 78.9 Å². The smallest absolute Gasteiger partial charge is 0.316 e.